The van der Waals surface area contributed by atoms with E-state index in [2.05, 4.69) is 26.0 Å². The number of nitrogens with zero attached hydrogens (tertiary/aromatic N) is 3. The molecule has 0 aliphatic carbocycles. The molecule has 0 atom stereocenters. The van der Waals surface area contributed by atoms with Crippen molar-refractivity contribution >= 4 is 21.7 Å². The lowest BCUT2D eigenvalue weighted by Crippen LogP contribution is -1.97. The van der Waals surface area contributed by atoms with Gasteiger partial charge in [-0.2, -0.15) is 5.10 Å². The average Bonchev–Trinajstić information content (AvgIpc) is 2.76. The number of aryl methyl sites for hydroxylation is 1. The van der Waals surface area contributed by atoms with Crippen LogP contribution in [0.2, 0.25) is 0 Å². The molecule has 0 spiro atoms. The van der Waals surface area contributed by atoms with Gasteiger partial charge in [0.15, 0.2) is 5.82 Å². The van der Waals surface area contributed by atoms with Gasteiger partial charge < -0.3 is 5.73 Å². The summed E-state index contributed by atoms with van der Waals surface area (Å²) in [6, 6.07) is 9.25. The van der Waals surface area contributed by atoms with Gasteiger partial charge in [0.25, 0.3) is 0 Å². The van der Waals surface area contributed by atoms with E-state index in [1.807, 2.05) is 24.3 Å². The number of benzene rings is 1. The summed E-state index contributed by atoms with van der Waals surface area (Å²) >= 11 is 3.40. The summed E-state index contributed by atoms with van der Waals surface area (Å²) in [6.07, 6.45) is 2.71. The summed E-state index contributed by atoms with van der Waals surface area (Å²) in [4.78, 5) is 3.77. The van der Waals surface area contributed by atoms with Crippen LogP contribution in [0.25, 0.3) is 22.4 Å². The number of halogens is 2. The Hall–Kier alpha value is -2.21. The van der Waals surface area contributed by atoms with E-state index in [0.29, 0.717) is 17.1 Å². The van der Waals surface area contributed by atoms with Crippen LogP contribution in [0.4, 0.5) is 10.2 Å². The van der Waals surface area contributed by atoms with E-state index in [0.717, 1.165) is 15.6 Å². The van der Waals surface area contributed by atoms with Crippen molar-refractivity contribution in [3.05, 3.63) is 53.0 Å². The maximum absolute atomic E-state index is 14.0. The zero-order chi connectivity index (χ0) is 15.0. The Balaban J connectivity index is 2.26. The molecule has 0 saturated heterocycles. The van der Waals surface area contributed by atoms with Crippen molar-refractivity contribution in [2.24, 2.45) is 7.05 Å². The molecular formula is C15H12BrFN4. The van der Waals surface area contributed by atoms with Crippen LogP contribution in [0.5, 0.6) is 0 Å². The third kappa shape index (κ3) is 2.42. The Morgan fingerprint density at radius 2 is 1.90 bits per heavy atom. The first kappa shape index (κ1) is 13.8. The minimum Gasteiger partial charge on any atom is -0.383 e. The van der Waals surface area contributed by atoms with E-state index in [-0.39, 0.29) is 0 Å². The molecule has 21 heavy (non-hydrogen) atoms. The van der Waals surface area contributed by atoms with Gasteiger partial charge in [-0.25, -0.2) is 4.39 Å². The smallest absolute Gasteiger partial charge is 0.150 e. The Morgan fingerprint density at radius 1 is 1.19 bits per heavy atom. The monoisotopic (exact) mass is 346 g/mol. The molecule has 0 fully saturated rings. The lowest BCUT2D eigenvalue weighted by atomic mass is 10.0. The molecule has 0 aliphatic rings. The first-order valence-corrected chi connectivity index (χ1v) is 7.05. The maximum atomic E-state index is 14.0. The predicted octanol–water partition coefficient (Wildman–Crippen LogP) is 3.63. The zero-order valence-electron chi connectivity index (χ0n) is 11.2. The normalized spacial score (nSPS) is 10.8. The summed E-state index contributed by atoms with van der Waals surface area (Å²) in [5.74, 6) is 0.0671. The molecule has 4 nitrogen and oxygen atoms in total. The van der Waals surface area contributed by atoms with Gasteiger partial charge in [0.1, 0.15) is 11.5 Å². The zero-order valence-corrected chi connectivity index (χ0v) is 12.8. The molecule has 0 radical (unpaired) electrons. The lowest BCUT2D eigenvalue weighted by molar-refractivity contribution is 0.623. The number of pyridine rings is 1. The van der Waals surface area contributed by atoms with E-state index in [9.17, 15) is 4.39 Å². The molecule has 2 aromatic heterocycles. The second kappa shape index (κ2) is 5.29. The Morgan fingerprint density at radius 3 is 2.57 bits per heavy atom. The predicted molar refractivity (Wildman–Crippen MR) is 83.9 cm³/mol. The molecular weight excluding hydrogens is 335 g/mol. The van der Waals surface area contributed by atoms with Crippen LogP contribution in [0.3, 0.4) is 0 Å². The van der Waals surface area contributed by atoms with E-state index in [1.54, 1.807) is 17.8 Å². The van der Waals surface area contributed by atoms with Gasteiger partial charge in [0.05, 0.1) is 11.8 Å². The van der Waals surface area contributed by atoms with Crippen LogP contribution < -0.4 is 5.73 Å². The molecule has 0 saturated carbocycles. The Bertz CT molecular complexity index is 796. The summed E-state index contributed by atoms with van der Waals surface area (Å²) in [7, 11) is 1.74. The summed E-state index contributed by atoms with van der Waals surface area (Å²) < 4.78 is 16.5. The fourth-order valence-electron chi connectivity index (χ4n) is 2.19. The number of rotatable bonds is 2. The minimum absolute atomic E-state index is 0.384. The molecule has 0 bridgehead atoms. The van der Waals surface area contributed by atoms with Crippen LogP contribution in [0.1, 0.15) is 0 Å². The fourth-order valence-corrected chi connectivity index (χ4v) is 2.46. The van der Waals surface area contributed by atoms with E-state index >= 15 is 0 Å². The van der Waals surface area contributed by atoms with Crippen molar-refractivity contribution in [2.45, 2.75) is 0 Å². The van der Waals surface area contributed by atoms with Crippen LogP contribution in [0.15, 0.2) is 47.2 Å². The minimum atomic E-state index is -0.422. The fraction of sp³-hybridized carbons (Fsp3) is 0.0667. The highest BCUT2D eigenvalue weighted by molar-refractivity contribution is 9.10. The Kier molecular flexibility index (Phi) is 3.47. The second-order valence-corrected chi connectivity index (χ2v) is 5.51. The van der Waals surface area contributed by atoms with Gasteiger partial charge in [-0.05, 0) is 23.8 Å². The lowest BCUT2D eigenvalue weighted by Gasteiger charge is -2.05. The molecule has 0 aliphatic heterocycles. The van der Waals surface area contributed by atoms with Crippen molar-refractivity contribution in [3.63, 3.8) is 0 Å². The van der Waals surface area contributed by atoms with Crippen molar-refractivity contribution in [2.75, 3.05) is 5.73 Å². The van der Waals surface area contributed by atoms with Crippen LogP contribution in [0, 0.1) is 5.82 Å². The molecule has 6 heteroatoms. The maximum Gasteiger partial charge on any atom is 0.150 e. The number of nitrogen functional groups attached to an aromatic ring is 1. The first-order chi connectivity index (χ1) is 10.1. The molecule has 106 valence electrons. The highest BCUT2D eigenvalue weighted by Crippen LogP contribution is 2.36. The number of hydrogen-bond acceptors (Lipinski definition) is 3. The van der Waals surface area contributed by atoms with Crippen LogP contribution >= 0.6 is 15.9 Å². The third-order valence-corrected chi connectivity index (χ3v) is 3.78. The summed E-state index contributed by atoms with van der Waals surface area (Å²) in [5, 5.41) is 4.35. The standard InChI is InChI=1S/C15H12BrFN4/c1-21-15(18)13(9-2-4-10(16)5-3-9)14(20-21)11-6-7-19-8-12(11)17/h2-8H,18H2,1H3. The summed E-state index contributed by atoms with van der Waals surface area (Å²) in [6.45, 7) is 0. The number of anilines is 1. The van der Waals surface area contributed by atoms with Gasteiger partial charge in [-0.3, -0.25) is 9.67 Å². The van der Waals surface area contributed by atoms with E-state index in [1.165, 1.54) is 12.4 Å². The van der Waals surface area contributed by atoms with Gasteiger partial charge in [0, 0.05) is 23.3 Å². The largest absolute Gasteiger partial charge is 0.383 e. The van der Waals surface area contributed by atoms with Crippen molar-refractivity contribution < 1.29 is 4.39 Å². The van der Waals surface area contributed by atoms with E-state index in [4.69, 9.17) is 5.73 Å². The SMILES string of the molecule is Cn1nc(-c2ccncc2F)c(-c2ccc(Br)cc2)c1N. The van der Waals surface area contributed by atoms with Crippen LogP contribution in [-0.4, -0.2) is 14.8 Å². The second-order valence-electron chi connectivity index (χ2n) is 4.59. The highest BCUT2D eigenvalue weighted by Gasteiger charge is 2.19. The topological polar surface area (TPSA) is 56.7 Å². The molecule has 0 unspecified atom stereocenters. The number of aromatic nitrogens is 3. The first-order valence-electron chi connectivity index (χ1n) is 6.26. The van der Waals surface area contributed by atoms with Crippen molar-refractivity contribution in [1.29, 1.82) is 0 Å². The molecule has 3 rings (SSSR count). The van der Waals surface area contributed by atoms with Gasteiger partial charge in [0.2, 0.25) is 0 Å². The third-order valence-electron chi connectivity index (χ3n) is 3.25. The van der Waals surface area contributed by atoms with Crippen LogP contribution in [-0.2, 0) is 7.05 Å². The van der Waals surface area contributed by atoms with Crippen molar-refractivity contribution in [3.8, 4) is 22.4 Å². The van der Waals surface area contributed by atoms with Gasteiger partial charge >= 0.3 is 0 Å². The molecule has 2 heterocycles. The van der Waals surface area contributed by atoms with Gasteiger partial charge in [-0.15, -0.1) is 0 Å². The number of hydrogen-bond donors (Lipinski definition) is 1. The average molecular weight is 347 g/mol. The van der Waals surface area contributed by atoms with E-state index < -0.39 is 5.82 Å². The Labute approximate surface area is 129 Å². The molecule has 3 aromatic rings. The van der Waals surface area contributed by atoms with Crippen molar-refractivity contribution in [1.82, 2.24) is 14.8 Å². The molecule has 0 amide bonds. The molecule has 2 N–H and O–H groups in total. The quantitative estimate of drug-likeness (QED) is 0.770. The van der Waals surface area contributed by atoms with Gasteiger partial charge in [-0.1, -0.05) is 28.1 Å². The number of nitrogens with two attached hydrogens (primary N) is 1. The molecule has 1 aromatic carbocycles. The summed E-state index contributed by atoms with van der Waals surface area (Å²) in [5.41, 5.74) is 8.61. The highest BCUT2D eigenvalue weighted by atomic mass is 79.9.